The van der Waals surface area contributed by atoms with Gasteiger partial charge in [0.2, 0.25) is 0 Å². The molecule has 0 N–H and O–H groups in total. The number of ether oxygens (including phenoxy) is 1. The molecular formula is C29H43NO4Si. The first-order valence-corrected chi connectivity index (χ1v) is 15.1. The summed E-state index contributed by atoms with van der Waals surface area (Å²) in [6, 6.07) is 12.0. The Morgan fingerprint density at radius 3 is 2.17 bits per heavy atom. The molecule has 0 unspecified atom stereocenters. The number of fused-ring (bicyclic) bond motifs is 1. The Morgan fingerprint density at radius 1 is 0.971 bits per heavy atom. The number of amides is 1. The third-order valence-electron chi connectivity index (χ3n) is 7.30. The highest BCUT2D eigenvalue weighted by Crippen LogP contribution is 2.43. The second kappa shape index (κ2) is 10.3. The first-order chi connectivity index (χ1) is 16.3. The van der Waals surface area contributed by atoms with Crippen LogP contribution in [0.1, 0.15) is 79.1 Å². The van der Waals surface area contributed by atoms with E-state index in [-0.39, 0.29) is 17.8 Å². The lowest BCUT2D eigenvalue weighted by molar-refractivity contribution is -0.159. The van der Waals surface area contributed by atoms with Crippen molar-refractivity contribution in [2.45, 2.75) is 91.0 Å². The SMILES string of the molecule is CC(C)[Si](Oc1ccc2cccc(C(=O)N3CC[C@H](C(=O)OC(C)(C)C)C3)c2c1)(C(C)C)C(C)C. The molecule has 1 amide bonds. The third kappa shape index (κ3) is 5.74. The van der Waals surface area contributed by atoms with Crippen LogP contribution in [0.2, 0.25) is 16.6 Å². The van der Waals surface area contributed by atoms with Gasteiger partial charge in [0.05, 0.1) is 5.92 Å². The van der Waals surface area contributed by atoms with Gasteiger partial charge in [0, 0.05) is 18.7 Å². The molecule has 0 bridgehead atoms. The second-order valence-electron chi connectivity index (χ2n) is 11.9. The standard InChI is InChI=1S/C29H43NO4Si/c1-19(2)35(20(3)4,21(5)6)34-24-14-13-22-11-10-12-25(26(22)17-24)27(31)30-16-15-23(18-30)28(32)33-29(7,8)9/h10-14,17,19-21,23H,15-16,18H2,1-9H3/t23-/m0/s1. The molecule has 2 aromatic rings. The molecule has 1 heterocycles. The molecule has 3 rings (SSSR count). The van der Waals surface area contributed by atoms with E-state index in [4.69, 9.17) is 9.16 Å². The first kappa shape index (κ1) is 27.2. The van der Waals surface area contributed by atoms with Crippen LogP contribution in [0.5, 0.6) is 5.75 Å². The van der Waals surface area contributed by atoms with Gasteiger partial charge in [-0.15, -0.1) is 0 Å². The summed E-state index contributed by atoms with van der Waals surface area (Å²) in [5.74, 6) is 0.299. The van der Waals surface area contributed by atoms with Crippen LogP contribution in [0.25, 0.3) is 10.8 Å². The lowest BCUT2D eigenvalue weighted by atomic mass is 10.0. The number of esters is 1. The minimum absolute atomic E-state index is 0.0427. The summed E-state index contributed by atoms with van der Waals surface area (Å²) in [6.07, 6.45) is 0.630. The van der Waals surface area contributed by atoms with E-state index in [0.717, 1.165) is 16.5 Å². The van der Waals surface area contributed by atoms with E-state index in [1.165, 1.54) is 0 Å². The summed E-state index contributed by atoms with van der Waals surface area (Å²) < 4.78 is 12.5. The minimum atomic E-state index is -2.11. The van der Waals surface area contributed by atoms with Crippen molar-refractivity contribution < 1.29 is 18.8 Å². The molecular weight excluding hydrogens is 454 g/mol. The Balaban J connectivity index is 1.90. The van der Waals surface area contributed by atoms with Crippen LogP contribution in [-0.4, -0.2) is 43.8 Å². The minimum Gasteiger partial charge on any atom is -0.543 e. The van der Waals surface area contributed by atoms with Gasteiger partial charge in [-0.05, 0) is 72.8 Å². The number of benzene rings is 2. The van der Waals surface area contributed by atoms with Gasteiger partial charge in [-0.1, -0.05) is 59.7 Å². The lowest BCUT2D eigenvalue weighted by Gasteiger charge is -2.42. The largest absolute Gasteiger partial charge is 0.543 e. The fraction of sp³-hybridized carbons (Fsp3) is 0.586. The van der Waals surface area contributed by atoms with Crippen LogP contribution >= 0.6 is 0 Å². The molecule has 1 saturated heterocycles. The third-order valence-corrected chi connectivity index (χ3v) is 13.3. The van der Waals surface area contributed by atoms with Gasteiger partial charge >= 0.3 is 5.97 Å². The molecule has 192 valence electrons. The summed E-state index contributed by atoms with van der Waals surface area (Å²) in [6.45, 7) is 20.2. The smallest absolute Gasteiger partial charge is 0.311 e. The van der Waals surface area contributed by atoms with Gasteiger partial charge in [0.1, 0.15) is 11.4 Å². The van der Waals surface area contributed by atoms with Crippen molar-refractivity contribution in [3.8, 4) is 5.75 Å². The molecule has 1 atom stereocenters. The number of carbonyl (C=O) groups excluding carboxylic acids is 2. The highest BCUT2D eigenvalue weighted by Gasteiger charge is 2.47. The summed E-state index contributed by atoms with van der Waals surface area (Å²) in [7, 11) is -2.11. The number of nitrogens with zero attached hydrogens (tertiary/aromatic N) is 1. The molecule has 2 aromatic carbocycles. The zero-order valence-electron chi connectivity index (χ0n) is 23.0. The number of rotatable bonds is 7. The van der Waals surface area contributed by atoms with Gasteiger partial charge in [0.15, 0.2) is 0 Å². The molecule has 0 spiro atoms. The normalized spacial score (nSPS) is 17.0. The average Bonchev–Trinajstić information content (AvgIpc) is 3.25. The van der Waals surface area contributed by atoms with E-state index >= 15 is 0 Å². The maximum absolute atomic E-state index is 13.6. The Hall–Kier alpha value is -2.34. The fourth-order valence-corrected chi connectivity index (χ4v) is 11.0. The van der Waals surface area contributed by atoms with Gasteiger partial charge in [-0.3, -0.25) is 9.59 Å². The molecule has 6 heteroatoms. The van der Waals surface area contributed by atoms with Crippen LogP contribution in [-0.2, 0) is 9.53 Å². The molecule has 1 aliphatic heterocycles. The quantitative estimate of drug-likeness (QED) is 0.300. The van der Waals surface area contributed by atoms with E-state index in [1.54, 1.807) is 4.90 Å². The molecule has 0 aliphatic carbocycles. The van der Waals surface area contributed by atoms with Crippen molar-refractivity contribution in [1.29, 1.82) is 0 Å². The highest BCUT2D eigenvalue weighted by molar-refractivity contribution is 6.78. The summed E-state index contributed by atoms with van der Waals surface area (Å²) in [4.78, 5) is 27.9. The zero-order valence-corrected chi connectivity index (χ0v) is 24.0. The molecule has 35 heavy (non-hydrogen) atoms. The molecule has 0 saturated carbocycles. The monoisotopic (exact) mass is 497 g/mol. The Labute approximate surface area is 212 Å². The maximum atomic E-state index is 13.6. The molecule has 0 aromatic heterocycles. The predicted octanol–water partition coefficient (Wildman–Crippen LogP) is 7.20. The van der Waals surface area contributed by atoms with E-state index < -0.39 is 13.9 Å². The van der Waals surface area contributed by atoms with Gasteiger partial charge in [-0.2, -0.15) is 0 Å². The second-order valence-corrected chi connectivity index (χ2v) is 17.3. The van der Waals surface area contributed by atoms with Gasteiger partial charge < -0.3 is 14.1 Å². The molecule has 1 aliphatic rings. The topological polar surface area (TPSA) is 55.8 Å². The van der Waals surface area contributed by atoms with E-state index in [9.17, 15) is 9.59 Å². The van der Waals surface area contributed by atoms with Crippen molar-refractivity contribution >= 4 is 31.0 Å². The summed E-state index contributed by atoms with van der Waals surface area (Å²) in [5.41, 5.74) is 1.52. The van der Waals surface area contributed by atoms with Crippen LogP contribution in [0.4, 0.5) is 0 Å². The molecule has 1 fully saturated rings. The Kier molecular flexibility index (Phi) is 8.05. The Bertz CT molecular complexity index is 1050. The first-order valence-electron chi connectivity index (χ1n) is 13.0. The van der Waals surface area contributed by atoms with Gasteiger partial charge in [0.25, 0.3) is 14.2 Å². The van der Waals surface area contributed by atoms with E-state index in [2.05, 4.69) is 47.6 Å². The van der Waals surface area contributed by atoms with E-state index in [1.807, 2.05) is 51.1 Å². The molecule has 5 nitrogen and oxygen atoms in total. The Morgan fingerprint density at radius 2 is 1.60 bits per heavy atom. The van der Waals surface area contributed by atoms with Crippen molar-refractivity contribution in [3.63, 3.8) is 0 Å². The number of hydrogen-bond donors (Lipinski definition) is 0. The van der Waals surface area contributed by atoms with Crippen LogP contribution in [0.15, 0.2) is 36.4 Å². The van der Waals surface area contributed by atoms with Crippen LogP contribution in [0, 0.1) is 5.92 Å². The van der Waals surface area contributed by atoms with Crippen molar-refractivity contribution in [2.75, 3.05) is 13.1 Å². The predicted molar refractivity (Wildman–Crippen MR) is 145 cm³/mol. The molecule has 0 radical (unpaired) electrons. The maximum Gasteiger partial charge on any atom is 0.311 e. The van der Waals surface area contributed by atoms with Crippen molar-refractivity contribution in [3.05, 3.63) is 42.0 Å². The lowest BCUT2D eigenvalue weighted by Crippen LogP contribution is -2.50. The van der Waals surface area contributed by atoms with Gasteiger partial charge in [-0.25, -0.2) is 0 Å². The number of carbonyl (C=O) groups is 2. The summed E-state index contributed by atoms with van der Waals surface area (Å²) in [5, 5.41) is 1.91. The van der Waals surface area contributed by atoms with Crippen LogP contribution in [0.3, 0.4) is 0 Å². The van der Waals surface area contributed by atoms with E-state index in [0.29, 0.717) is 41.7 Å². The highest BCUT2D eigenvalue weighted by atomic mass is 28.4. The number of likely N-dealkylation sites (tertiary alicyclic amines) is 1. The fourth-order valence-electron chi connectivity index (χ4n) is 5.75. The van der Waals surface area contributed by atoms with Crippen molar-refractivity contribution in [2.24, 2.45) is 5.92 Å². The average molecular weight is 498 g/mol. The zero-order chi connectivity index (χ0) is 26.1. The van der Waals surface area contributed by atoms with Crippen LogP contribution < -0.4 is 4.43 Å². The number of hydrogen-bond acceptors (Lipinski definition) is 4. The van der Waals surface area contributed by atoms with Crippen molar-refractivity contribution in [1.82, 2.24) is 4.90 Å². The summed E-state index contributed by atoms with van der Waals surface area (Å²) >= 11 is 0.